The minimum atomic E-state index is -1.17. The van der Waals surface area contributed by atoms with Gasteiger partial charge >= 0.3 is 5.97 Å². The number of imide groups is 1. The third-order valence-corrected chi connectivity index (χ3v) is 6.18. The molecule has 7 nitrogen and oxygen atoms in total. The smallest absolute Gasteiger partial charge is 0.330 e. The monoisotopic (exact) mass is 460 g/mol. The van der Waals surface area contributed by atoms with Crippen molar-refractivity contribution in [1.29, 1.82) is 0 Å². The zero-order valence-corrected chi connectivity index (χ0v) is 19.0. The summed E-state index contributed by atoms with van der Waals surface area (Å²) in [6.45, 7) is 0.0143. The predicted octanol–water partition coefficient (Wildman–Crippen LogP) is 3.44. The Kier molecular flexibility index (Phi) is 7.52. The number of hydrogen-bond acceptors (Lipinski definition) is 5. The lowest BCUT2D eigenvalue weighted by Crippen LogP contribution is -2.47. The van der Waals surface area contributed by atoms with Crippen LogP contribution in [0.1, 0.15) is 58.4 Å². The molecule has 0 spiro atoms. The van der Waals surface area contributed by atoms with E-state index in [0.29, 0.717) is 6.54 Å². The van der Waals surface area contributed by atoms with Gasteiger partial charge in [0, 0.05) is 13.0 Å². The maximum absolute atomic E-state index is 13.0. The molecule has 0 aromatic heterocycles. The van der Waals surface area contributed by atoms with Gasteiger partial charge in [-0.05, 0) is 49.8 Å². The van der Waals surface area contributed by atoms with Crippen molar-refractivity contribution in [3.05, 3.63) is 82.9 Å². The minimum Gasteiger partial charge on any atom is -0.454 e. The first-order valence-electron chi connectivity index (χ1n) is 11.7. The van der Waals surface area contributed by atoms with Crippen LogP contribution in [0.5, 0.6) is 0 Å². The number of carbonyl (C=O) groups is 4. The summed E-state index contributed by atoms with van der Waals surface area (Å²) in [6, 6.07) is 14.4. The van der Waals surface area contributed by atoms with E-state index in [9.17, 15) is 19.2 Å². The molecule has 1 aliphatic heterocycles. The molecule has 2 aliphatic rings. The maximum Gasteiger partial charge on any atom is 0.330 e. The molecule has 3 amide bonds. The highest BCUT2D eigenvalue weighted by Gasteiger charge is 2.43. The van der Waals surface area contributed by atoms with Gasteiger partial charge < -0.3 is 10.1 Å². The largest absolute Gasteiger partial charge is 0.454 e. The molecule has 4 rings (SSSR count). The second-order valence-electron chi connectivity index (χ2n) is 8.55. The molecule has 7 heteroatoms. The molecule has 1 heterocycles. The van der Waals surface area contributed by atoms with E-state index in [4.69, 9.17) is 4.74 Å². The van der Waals surface area contributed by atoms with Gasteiger partial charge in [-0.15, -0.1) is 0 Å². The Hall–Kier alpha value is -3.74. The molecule has 0 fully saturated rings. The SMILES string of the molecule is O=C(COC(=O)C(Cc1ccccc1)N1C(=O)c2ccccc2C1=O)NCCC1=CCCCC1. The fourth-order valence-corrected chi connectivity index (χ4v) is 4.39. The van der Waals surface area contributed by atoms with Crippen molar-refractivity contribution < 1.29 is 23.9 Å². The zero-order valence-electron chi connectivity index (χ0n) is 19.0. The summed E-state index contributed by atoms with van der Waals surface area (Å²) in [6.07, 6.45) is 7.65. The van der Waals surface area contributed by atoms with Crippen LogP contribution < -0.4 is 5.32 Å². The number of ether oxygens (including phenoxy) is 1. The van der Waals surface area contributed by atoms with Gasteiger partial charge in [0.05, 0.1) is 11.1 Å². The van der Waals surface area contributed by atoms with Crippen molar-refractivity contribution in [3.63, 3.8) is 0 Å². The first kappa shape index (κ1) is 23.4. The van der Waals surface area contributed by atoms with E-state index in [1.54, 1.807) is 24.3 Å². The van der Waals surface area contributed by atoms with Gasteiger partial charge in [0.25, 0.3) is 17.7 Å². The number of carbonyl (C=O) groups excluding carboxylic acids is 4. The van der Waals surface area contributed by atoms with Crippen LogP contribution in [0.15, 0.2) is 66.2 Å². The third kappa shape index (κ3) is 5.42. The third-order valence-electron chi connectivity index (χ3n) is 6.18. The Balaban J connectivity index is 1.40. The summed E-state index contributed by atoms with van der Waals surface area (Å²) >= 11 is 0. The number of nitrogens with zero attached hydrogens (tertiary/aromatic N) is 1. The van der Waals surface area contributed by atoms with Crippen LogP contribution in [0.25, 0.3) is 0 Å². The number of allylic oxidation sites excluding steroid dienone is 1. The van der Waals surface area contributed by atoms with Gasteiger partial charge in [-0.3, -0.25) is 19.3 Å². The quantitative estimate of drug-likeness (QED) is 0.352. The molecule has 0 radical (unpaired) electrons. The Bertz CT molecular complexity index is 1070. The van der Waals surface area contributed by atoms with E-state index < -0.39 is 36.3 Å². The number of fused-ring (bicyclic) bond motifs is 1. The topological polar surface area (TPSA) is 92.8 Å². The fourth-order valence-electron chi connectivity index (χ4n) is 4.39. The molecule has 1 atom stereocenters. The highest BCUT2D eigenvalue weighted by molar-refractivity contribution is 6.22. The molecule has 1 unspecified atom stereocenters. The highest BCUT2D eigenvalue weighted by atomic mass is 16.5. The lowest BCUT2D eigenvalue weighted by Gasteiger charge is -2.24. The van der Waals surface area contributed by atoms with E-state index in [1.807, 2.05) is 30.3 Å². The molecule has 176 valence electrons. The summed E-state index contributed by atoms with van der Waals surface area (Å²) in [5.41, 5.74) is 2.63. The molecular formula is C27H28N2O5. The van der Waals surface area contributed by atoms with Gasteiger partial charge in [-0.25, -0.2) is 4.79 Å². The van der Waals surface area contributed by atoms with E-state index >= 15 is 0 Å². The number of esters is 1. The van der Waals surface area contributed by atoms with Crippen LogP contribution in [-0.2, 0) is 20.7 Å². The molecular weight excluding hydrogens is 432 g/mol. The fraction of sp³-hybridized carbons (Fsp3) is 0.333. The zero-order chi connectivity index (χ0) is 23.9. The van der Waals surface area contributed by atoms with Crippen molar-refractivity contribution in [2.24, 2.45) is 0 Å². The second kappa shape index (κ2) is 10.9. The minimum absolute atomic E-state index is 0.0981. The van der Waals surface area contributed by atoms with Crippen molar-refractivity contribution >= 4 is 23.7 Å². The summed E-state index contributed by atoms with van der Waals surface area (Å²) in [7, 11) is 0. The van der Waals surface area contributed by atoms with Crippen molar-refractivity contribution in [1.82, 2.24) is 10.2 Å². The average Bonchev–Trinajstić information content (AvgIpc) is 3.12. The molecule has 34 heavy (non-hydrogen) atoms. The average molecular weight is 461 g/mol. The summed E-state index contributed by atoms with van der Waals surface area (Å²) in [5, 5.41) is 2.77. The molecule has 2 aromatic carbocycles. The van der Waals surface area contributed by atoms with Gasteiger partial charge in [0.1, 0.15) is 6.04 Å². The van der Waals surface area contributed by atoms with Crippen LogP contribution in [-0.4, -0.2) is 47.8 Å². The van der Waals surface area contributed by atoms with Crippen LogP contribution in [0.3, 0.4) is 0 Å². The molecule has 2 aromatic rings. The van der Waals surface area contributed by atoms with E-state index in [0.717, 1.165) is 29.7 Å². The first-order chi connectivity index (χ1) is 16.5. The standard InChI is InChI=1S/C27H28N2O5/c30-24(28-16-15-19-9-3-1-4-10-19)18-34-27(33)23(17-20-11-5-2-6-12-20)29-25(31)21-13-7-8-14-22(21)26(29)32/h2,5-9,11-14,23H,1,3-4,10,15-18H2,(H,28,30). The lowest BCUT2D eigenvalue weighted by molar-refractivity contribution is -0.152. The summed E-state index contributed by atoms with van der Waals surface area (Å²) < 4.78 is 5.28. The molecule has 0 bridgehead atoms. The van der Waals surface area contributed by atoms with Gasteiger partial charge in [-0.2, -0.15) is 0 Å². The summed E-state index contributed by atoms with van der Waals surface area (Å²) in [4.78, 5) is 52.2. The first-order valence-corrected chi connectivity index (χ1v) is 11.7. The van der Waals surface area contributed by atoms with Crippen LogP contribution in [0, 0.1) is 0 Å². The molecule has 0 saturated heterocycles. The Morgan fingerprint density at radius 1 is 0.941 bits per heavy atom. The van der Waals surface area contributed by atoms with Crippen molar-refractivity contribution in [2.45, 2.75) is 44.6 Å². The van der Waals surface area contributed by atoms with Crippen LogP contribution in [0.2, 0.25) is 0 Å². The van der Waals surface area contributed by atoms with Gasteiger partial charge in [-0.1, -0.05) is 54.1 Å². The summed E-state index contributed by atoms with van der Waals surface area (Å²) in [5.74, 6) is -2.28. The molecule has 1 aliphatic carbocycles. The number of amides is 3. The van der Waals surface area contributed by atoms with E-state index in [2.05, 4.69) is 11.4 Å². The van der Waals surface area contributed by atoms with E-state index in [1.165, 1.54) is 18.4 Å². The Labute approximate surface area is 198 Å². The van der Waals surface area contributed by atoms with Crippen LogP contribution in [0.4, 0.5) is 0 Å². The second-order valence-corrected chi connectivity index (χ2v) is 8.55. The predicted molar refractivity (Wildman–Crippen MR) is 126 cm³/mol. The molecule has 1 N–H and O–H groups in total. The number of rotatable bonds is 9. The number of nitrogens with one attached hydrogen (secondary N) is 1. The van der Waals surface area contributed by atoms with Crippen molar-refractivity contribution in [2.75, 3.05) is 13.2 Å². The lowest BCUT2D eigenvalue weighted by atomic mass is 9.97. The van der Waals surface area contributed by atoms with Crippen LogP contribution >= 0.6 is 0 Å². The number of benzene rings is 2. The normalized spacial score (nSPS) is 16.0. The highest BCUT2D eigenvalue weighted by Crippen LogP contribution is 2.26. The molecule has 0 saturated carbocycles. The van der Waals surface area contributed by atoms with E-state index in [-0.39, 0.29) is 17.5 Å². The number of hydrogen-bond donors (Lipinski definition) is 1. The van der Waals surface area contributed by atoms with Crippen molar-refractivity contribution in [3.8, 4) is 0 Å². The Morgan fingerprint density at radius 2 is 1.62 bits per heavy atom. The van der Waals surface area contributed by atoms with Gasteiger partial charge in [0.15, 0.2) is 6.61 Å². The maximum atomic E-state index is 13.0. The Morgan fingerprint density at radius 3 is 2.26 bits per heavy atom. The van der Waals surface area contributed by atoms with Gasteiger partial charge in [0.2, 0.25) is 0 Å².